The van der Waals surface area contributed by atoms with E-state index in [1.807, 2.05) is 11.3 Å². The Morgan fingerprint density at radius 3 is 1.24 bits per heavy atom. The lowest BCUT2D eigenvalue weighted by atomic mass is 10.7. The summed E-state index contributed by atoms with van der Waals surface area (Å²) in [5.74, 6) is 0. The number of nitrogens with zero attached hydrogens (tertiary/aromatic N) is 2. The van der Waals surface area contributed by atoms with Gasteiger partial charge in [-0.15, -0.1) is 11.3 Å². The van der Waals surface area contributed by atoms with E-state index >= 15 is 0 Å². The molecule has 0 aromatic carbocycles. The summed E-state index contributed by atoms with van der Waals surface area (Å²) in [4.78, 5) is 0. The van der Waals surface area contributed by atoms with Crippen LogP contribution in [0.3, 0.4) is 0 Å². The van der Waals surface area contributed by atoms with E-state index in [4.69, 9.17) is 8.82 Å². The smallest absolute Gasteiger partial charge is 0.170 e. The Hall–Kier alpha value is 0.594. The van der Waals surface area contributed by atoms with Gasteiger partial charge in [-0.25, -0.2) is 0 Å². The third-order valence-electron chi connectivity index (χ3n) is 2.76. The van der Waals surface area contributed by atoms with E-state index in [-0.39, 0.29) is 0 Å². The van der Waals surface area contributed by atoms with Gasteiger partial charge in [-0.1, -0.05) is 39.3 Å². The molecule has 1 heterocycles. The monoisotopic (exact) mass is 378 g/mol. The molecule has 0 bridgehead atoms. The molecule has 1 rings (SSSR count). The summed E-state index contributed by atoms with van der Waals surface area (Å²) in [6.07, 6.45) is 0. The van der Waals surface area contributed by atoms with E-state index in [0.717, 1.165) is 0 Å². The summed E-state index contributed by atoms with van der Waals surface area (Å²) in [6, 6.07) is 4.66. The van der Waals surface area contributed by atoms with E-state index in [1.165, 1.54) is 9.24 Å². The Morgan fingerprint density at radius 1 is 0.714 bits per heavy atom. The fourth-order valence-corrected chi connectivity index (χ4v) is 20.0. The summed E-state index contributed by atoms with van der Waals surface area (Å²) in [7, 11) is -5.40. The summed E-state index contributed by atoms with van der Waals surface area (Å²) >= 11 is 1.98. The normalized spacial score (nSPS) is 14.2. The predicted octanol–water partition coefficient (Wildman–Crippen LogP) is 5.59. The highest BCUT2D eigenvalue weighted by molar-refractivity contribution is 7.84. The molecule has 1 aromatic rings. The van der Waals surface area contributed by atoms with Crippen LogP contribution in [-0.2, 0) is 0 Å². The zero-order valence-electron chi connectivity index (χ0n) is 15.4. The number of rotatable bonds is 4. The SMILES string of the molecule is C[Si](C)(C)N=P(C)(C)c1ccc(P(C)(C)=N[Si](C)(C)C)s1. The van der Waals surface area contributed by atoms with Crippen LogP contribution in [-0.4, -0.2) is 43.1 Å². The van der Waals surface area contributed by atoms with Crippen LogP contribution in [0.1, 0.15) is 0 Å². The Morgan fingerprint density at radius 2 is 1.00 bits per heavy atom. The van der Waals surface area contributed by atoms with Gasteiger partial charge in [0.05, 0.1) is 0 Å². The molecule has 0 aliphatic heterocycles. The molecule has 0 radical (unpaired) electrons. The van der Waals surface area contributed by atoms with Crippen LogP contribution in [0.2, 0.25) is 39.3 Å². The van der Waals surface area contributed by atoms with Crippen LogP contribution >= 0.6 is 25.4 Å². The highest BCUT2D eigenvalue weighted by atomic mass is 32.1. The lowest BCUT2D eigenvalue weighted by Crippen LogP contribution is -2.18. The maximum atomic E-state index is 5.23. The zero-order valence-corrected chi connectivity index (χ0v) is 20.0. The Balaban J connectivity index is 3.31. The van der Waals surface area contributed by atoms with Crippen molar-refractivity contribution >= 4 is 51.2 Å². The molecule has 7 heteroatoms. The molecule has 0 fully saturated rings. The highest BCUT2D eigenvalue weighted by Crippen LogP contribution is 2.48. The first-order valence-electron chi connectivity index (χ1n) is 7.40. The second-order valence-electron chi connectivity index (χ2n) is 8.44. The second kappa shape index (κ2) is 6.24. The molecule has 0 unspecified atom stereocenters. The third-order valence-corrected chi connectivity index (χ3v) is 17.9. The first kappa shape index (κ1) is 19.6. The molecular formula is C14H32N2P2SSi2. The fraction of sp³-hybridized carbons (Fsp3) is 0.714. The Bertz CT molecular complexity index is 557. The van der Waals surface area contributed by atoms with Crippen molar-refractivity contribution in [3.8, 4) is 0 Å². The molecular weight excluding hydrogens is 346 g/mol. The van der Waals surface area contributed by atoms with Crippen molar-refractivity contribution in [2.75, 3.05) is 26.7 Å². The zero-order chi connectivity index (χ0) is 16.7. The molecule has 0 amide bonds. The van der Waals surface area contributed by atoms with E-state index in [9.17, 15) is 0 Å². The largest absolute Gasteiger partial charge is 0.333 e. The average molecular weight is 379 g/mol. The van der Waals surface area contributed by atoms with E-state index < -0.39 is 30.6 Å². The van der Waals surface area contributed by atoms with Crippen LogP contribution in [0, 0.1) is 0 Å². The first-order chi connectivity index (χ1) is 9.12. The average Bonchev–Trinajstić information content (AvgIpc) is 2.57. The van der Waals surface area contributed by atoms with Crippen molar-refractivity contribution in [1.29, 1.82) is 0 Å². The van der Waals surface area contributed by atoms with Gasteiger partial charge in [0.15, 0.2) is 16.5 Å². The van der Waals surface area contributed by atoms with Crippen molar-refractivity contribution in [2.45, 2.75) is 39.3 Å². The van der Waals surface area contributed by atoms with Crippen molar-refractivity contribution in [2.24, 2.45) is 8.82 Å². The van der Waals surface area contributed by atoms with Gasteiger partial charge in [0.25, 0.3) is 0 Å². The lowest BCUT2D eigenvalue weighted by Gasteiger charge is -2.21. The second-order valence-corrected chi connectivity index (χ2v) is 27.0. The van der Waals surface area contributed by atoms with Gasteiger partial charge in [-0.05, 0) is 52.9 Å². The van der Waals surface area contributed by atoms with Gasteiger partial charge in [-0.3, -0.25) is 0 Å². The third kappa shape index (κ3) is 6.31. The molecule has 0 aliphatic carbocycles. The molecule has 0 saturated carbocycles. The van der Waals surface area contributed by atoms with Crippen LogP contribution in [0.5, 0.6) is 0 Å². The van der Waals surface area contributed by atoms with Crippen molar-refractivity contribution < 1.29 is 0 Å². The molecule has 1 aromatic heterocycles. The molecule has 21 heavy (non-hydrogen) atoms. The predicted molar refractivity (Wildman–Crippen MR) is 113 cm³/mol. The van der Waals surface area contributed by atoms with Gasteiger partial charge in [-0.2, -0.15) is 0 Å². The van der Waals surface area contributed by atoms with Crippen molar-refractivity contribution in [1.82, 2.24) is 0 Å². The van der Waals surface area contributed by atoms with Gasteiger partial charge in [0.2, 0.25) is 0 Å². The summed E-state index contributed by atoms with van der Waals surface area (Å²) in [5, 5.41) is 0. The van der Waals surface area contributed by atoms with E-state index in [2.05, 4.69) is 78.1 Å². The van der Waals surface area contributed by atoms with Crippen molar-refractivity contribution in [3.63, 3.8) is 0 Å². The Kier molecular flexibility index (Phi) is 5.84. The molecule has 0 aliphatic rings. The van der Waals surface area contributed by atoms with Gasteiger partial charge < -0.3 is 8.82 Å². The minimum atomic E-state index is -1.38. The van der Waals surface area contributed by atoms with Crippen LogP contribution in [0.25, 0.3) is 0 Å². The molecule has 0 spiro atoms. The minimum Gasteiger partial charge on any atom is -0.333 e. The van der Waals surface area contributed by atoms with Gasteiger partial charge >= 0.3 is 0 Å². The van der Waals surface area contributed by atoms with Crippen molar-refractivity contribution in [3.05, 3.63) is 12.1 Å². The quantitative estimate of drug-likeness (QED) is 0.482. The summed E-state index contributed by atoms with van der Waals surface area (Å²) < 4.78 is 13.5. The lowest BCUT2D eigenvalue weighted by molar-refractivity contribution is 1.58. The molecule has 0 atom stereocenters. The molecule has 2 nitrogen and oxygen atoms in total. The molecule has 122 valence electrons. The van der Waals surface area contributed by atoms with E-state index in [0.29, 0.717) is 0 Å². The first-order valence-corrected chi connectivity index (χ1v) is 20.4. The van der Waals surface area contributed by atoms with E-state index in [1.54, 1.807) is 0 Å². The summed E-state index contributed by atoms with van der Waals surface area (Å²) in [5.41, 5.74) is 0. The van der Waals surface area contributed by atoms with Crippen LogP contribution in [0.15, 0.2) is 21.0 Å². The molecule has 0 saturated heterocycles. The highest BCUT2D eigenvalue weighted by Gasteiger charge is 2.22. The standard InChI is InChI=1S/C14H32N2P2SSi2/c1-17(2,15-20(5,6)7)13-11-12-14(19-13)18(3,4)16-21(8,9)10/h11-12H,1-10H3. The Labute approximate surface area is 138 Å². The topological polar surface area (TPSA) is 24.7 Å². The number of hydrogen-bond donors (Lipinski definition) is 0. The van der Waals surface area contributed by atoms with Gasteiger partial charge in [0, 0.05) is 9.24 Å². The fourth-order valence-electron chi connectivity index (χ4n) is 2.50. The molecule has 0 N–H and O–H groups in total. The number of thiophene rings is 1. The van der Waals surface area contributed by atoms with Crippen LogP contribution < -0.4 is 9.24 Å². The summed E-state index contributed by atoms with van der Waals surface area (Å²) in [6.45, 7) is 23.5. The number of hydrogen-bond acceptors (Lipinski definition) is 3. The minimum absolute atomic E-state index is 1.32. The maximum Gasteiger partial charge on any atom is 0.170 e. The van der Waals surface area contributed by atoms with Crippen LogP contribution in [0.4, 0.5) is 0 Å². The van der Waals surface area contributed by atoms with Gasteiger partial charge in [0.1, 0.15) is 0 Å². The maximum absolute atomic E-state index is 5.23.